The number of thiocarbonyl (C=S) groups is 1. The number of pyridine rings is 2. The Kier molecular flexibility index (Phi) is 8.11. The van der Waals surface area contributed by atoms with Crippen molar-refractivity contribution < 1.29 is 23.8 Å². The van der Waals surface area contributed by atoms with Gasteiger partial charge in [0.25, 0.3) is 5.91 Å². The Morgan fingerprint density at radius 3 is 2.27 bits per heavy atom. The molecule has 40 heavy (non-hydrogen) atoms. The van der Waals surface area contributed by atoms with Gasteiger partial charge in [-0.25, -0.2) is 19.7 Å². The second-order valence-corrected chi connectivity index (χ2v) is 10.5. The first-order valence-corrected chi connectivity index (χ1v) is 13.6. The number of nitrogens with one attached hydrogen (secondary N) is 1. The summed E-state index contributed by atoms with van der Waals surface area (Å²) >= 11 is 5.31. The second-order valence-electron chi connectivity index (χ2n) is 10.1. The molecular formula is C29H31N5O5S. The number of nitrogens with zero attached hydrogens (tertiary/aromatic N) is 4. The summed E-state index contributed by atoms with van der Waals surface area (Å²) in [6.07, 6.45) is 4.07. The Hall–Kier alpha value is -4.25. The molecule has 2 saturated heterocycles. The minimum atomic E-state index is -0.450. The van der Waals surface area contributed by atoms with Gasteiger partial charge in [0.1, 0.15) is 29.5 Å². The lowest BCUT2D eigenvalue weighted by molar-refractivity contribution is -0.119. The van der Waals surface area contributed by atoms with Crippen LogP contribution in [0, 0.1) is 12.8 Å². The summed E-state index contributed by atoms with van der Waals surface area (Å²) in [7, 11) is 0. The number of carbonyl (C=O) groups is 2. The van der Waals surface area contributed by atoms with Crippen LogP contribution < -0.4 is 24.4 Å². The van der Waals surface area contributed by atoms with Crippen LogP contribution in [0.15, 0.2) is 60.9 Å². The number of hydrogen-bond donors (Lipinski definition) is 1. The summed E-state index contributed by atoms with van der Waals surface area (Å²) < 4.78 is 17.4. The van der Waals surface area contributed by atoms with E-state index in [1.165, 1.54) is 11.1 Å². The predicted octanol–water partition coefficient (Wildman–Crippen LogP) is 4.87. The lowest BCUT2D eigenvalue weighted by Gasteiger charge is -2.31. The first-order chi connectivity index (χ1) is 19.3. The Morgan fingerprint density at radius 1 is 0.975 bits per heavy atom. The number of aryl methyl sites for hydroxylation is 1. The van der Waals surface area contributed by atoms with Crippen molar-refractivity contribution in [3.63, 3.8) is 0 Å². The van der Waals surface area contributed by atoms with Crippen molar-refractivity contribution in [3.05, 3.63) is 66.5 Å². The summed E-state index contributed by atoms with van der Waals surface area (Å²) in [6, 6.07) is 14.0. The lowest BCUT2D eigenvalue weighted by atomic mass is 10.1. The Labute approximate surface area is 238 Å². The van der Waals surface area contributed by atoms with E-state index in [4.69, 9.17) is 26.4 Å². The number of carbonyl (C=O) groups excluding carboxylic acids is 2. The number of amides is 2. The fourth-order valence-electron chi connectivity index (χ4n) is 4.47. The molecule has 1 N–H and O–H groups in total. The summed E-state index contributed by atoms with van der Waals surface area (Å²) in [5, 5.41) is 3.35. The second kappa shape index (κ2) is 11.9. The highest BCUT2D eigenvalue weighted by Gasteiger charge is 2.38. The molecule has 0 spiro atoms. The molecule has 0 aliphatic carbocycles. The number of benzene rings is 1. The van der Waals surface area contributed by atoms with Gasteiger partial charge in [-0.3, -0.25) is 4.79 Å². The molecular weight excluding hydrogens is 530 g/mol. The summed E-state index contributed by atoms with van der Waals surface area (Å²) in [4.78, 5) is 37.0. The molecule has 1 aromatic carbocycles. The predicted molar refractivity (Wildman–Crippen MR) is 153 cm³/mol. The first-order valence-electron chi connectivity index (χ1n) is 13.2. The van der Waals surface area contributed by atoms with Crippen LogP contribution in [-0.4, -0.2) is 57.2 Å². The van der Waals surface area contributed by atoms with Crippen molar-refractivity contribution in [3.8, 4) is 23.1 Å². The molecule has 1 unspecified atom stereocenters. The minimum absolute atomic E-state index is 0.0133. The van der Waals surface area contributed by atoms with Gasteiger partial charge < -0.3 is 24.4 Å². The molecule has 11 heteroatoms. The zero-order valence-electron chi connectivity index (χ0n) is 22.6. The van der Waals surface area contributed by atoms with Crippen LogP contribution in [0.2, 0.25) is 0 Å². The number of anilines is 1. The SMILES string of the molecule is Cc1ccc(Oc2ccc(OC3CCN(C(=O)Oc4ccc(N5C(=O)C(C(C)C)NC5=S)nc4)CC3)cc2)nc1. The molecule has 0 bridgehead atoms. The number of hydrogen-bond acceptors (Lipinski definition) is 8. The maximum Gasteiger partial charge on any atom is 0.415 e. The monoisotopic (exact) mass is 561 g/mol. The zero-order valence-corrected chi connectivity index (χ0v) is 23.4. The Balaban J connectivity index is 1.08. The molecule has 2 aliphatic rings. The number of piperidine rings is 1. The topological polar surface area (TPSA) is 106 Å². The van der Waals surface area contributed by atoms with Gasteiger partial charge in [-0.05, 0) is 67.0 Å². The number of likely N-dealkylation sites (tertiary alicyclic amines) is 1. The van der Waals surface area contributed by atoms with Crippen molar-refractivity contribution in [2.24, 2.45) is 5.92 Å². The molecule has 0 radical (unpaired) electrons. The molecule has 0 saturated carbocycles. The van der Waals surface area contributed by atoms with Gasteiger partial charge in [0, 0.05) is 38.2 Å². The van der Waals surface area contributed by atoms with Gasteiger partial charge in [0.05, 0.1) is 6.20 Å². The summed E-state index contributed by atoms with van der Waals surface area (Å²) in [6.45, 7) is 6.89. The van der Waals surface area contributed by atoms with Gasteiger partial charge in [-0.2, -0.15) is 0 Å². The smallest absolute Gasteiger partial charge is 0.415 e. The molecule has 208 valence electrons. The van der Waals surface area contributed by atoms with Crippen LogP contribution in [0.4, 0.5) is 10.6 Å². The fraction of sp³-hybridized carbons (Fsp3) is 0.345. The van der Waals surface area contributed by atoms with Crippen LogP contribution in [0.25, 0.3) is 0 Å². The Morgan fingerprint density at radius 2 is 1.68 bits per heavy atom. The van der Waals surface area contributed by atoms with Crippen molar-refractivity contribution in [1.29, 1.82) is 0 Å². The van der Waals surface area contributed by atoms with Crippen molar-refractivity contribution in [2.45, 2.75) is 45.8 Å². The normalized spacial score (nSPS) is 17.6. The van der Waals surface area contributed by atoms with E-state index in [1.54, 1.807) is 23.2 Å². The van der Waals surface area contributed by atoms with E-state index in [2.05, 4.69) is 15.3 Å². The van der Waals surface area contributed by atoms with Crippen LogP contribution in [0.3, 0.4) is 0 Å². The molecule has 4 heterocycles. The molecule has 2 aromatic heterocycles. The number of ether oxygens (including phenoxy) is 3. The van der Waals surface area contributed by atoms with E-state index >= 15 is 0 Å². The van der Waals surface area contributed by atoms with Crippen LogP contribution in [-0.2, 0) is 4.79 Å². The van der Waals surface area contributed by atoms with E-state index in [9.17, 15) is 9.59 Å². The molecule has 10 nitrogen and oxygen atoms in total. The van der Waals surface area contributed by atoms with Gasteiger partial charge >= 0.3 is 6.09 Å². The van der Waals surface area contributed by atoms with Crippen molar-refractivity contribution >= 4 is 35.1 Å². The van der Waals surface area contributed by atoms with Crippen LogP contribution in [0.5, 0.6) is 23.1 Å². The molecule has 2 amide bonds. The fourth-order valence-corrected chi connectivity index (χ4v) is 4.78. The quantitative estimate of drug-likeness (QED) is 0.405. The molecule has 2 fully saturated rings. The zero-order chi connectivity index (χ0) is 28.2. The van der Waals surface area contributed by atoms with Crippen LogP contribution in [0.1, 0.15) is 32.3 Å². The van der Waals surface area contributed by atoms with E-state index in [0.29, 0.717) is 54.2 Å². The van der Waals surface area contributed by atoms with Crippen molar-refractivity contribution in [1.82, 2.24) is 20.2 Å². The van der Waals surface area contributed by atoms with Gasteiger partial charge in [0.15, 0.2) is 10.9 Å². The average Bonchev–Trinajstić information content (AvgIpc) is 3.25. The van der Waals surface area contributed by atoms with Crippen LogP contribution >= 0.6 is 12.2 Å². The minimum Gasteiger partial charge on any atom is -0.490 e. The third-order valence-electron chi connectivity index (χ3n) is 6.72. The Bertz CT molecular complexity index is 1360. The first kappa shape index (κ1) is 27.3. The van der Waals surface area contributed by atoms with E-state index in [1.807, 2.05) is 57.2 Å². The third kappa shape index (κ3) is 6.31. The maximum absolute atomic E-state index is 12.7. The van der Waals surface area contributed by atoms with E-state index in [0.717, 1.165) is 11.3 Å². The number of rotatable bonds is 7. The molecule has 3 aromatic rings. The highest BCUT2D eigenvalue weighted by atomic mass is 32.1. The van der Waals surface area contributed by atoms with E-state index in [-0.39, 0.29) is 24.0 Å². The maximum atomic E-state index is 12.7. The molecule has 1 atom stereocenters. The lowest BCUT2D eigenvalue weighted by Crippen LogP contribution is -2.43. The van der Waals surface area contributed by atoms with Crippen molar-refractivity contribution in [2.75, 3.05) is 18.0 Å². The van der Waals surface area contributed by atoms with E-state index < -0.39 is 6.09 Å². The standard InChI is InChI=1S/C29H31N5O5S/c1-18(2)26-27(35)34(28(40)32-26)24-10-9-23(17-30-24)39-29(36)33-14-12-22(13-15-33)37-20-5-7-21(8-6-20)38-25-11-4-19(3)16-31-25/h4-11,16-18,22,26H,12-15H2,1-3H3,(H,32,40). The largest absolute Gasteiger partial charge is 0.490 e. The van der Waals surface area contributed by atoms with Gasteiger partial charge in [-0.1, -0.05) is 19.9 Å². The molecule has 5 rings (SSSR count). The van der Waals surface area contributed by atoms with Gasteiger partial charge in [0.2, 0.25) is 5.88 Å². The number of aromatic nitrogens is 2. The van der Waals surface area contributed by atoms with Gasteiger partial charge in [-0.15, -0.1) is 0 Å². The third-order valence-corrected chi connectivity index (χ3v) is 7.02. The summed E-state index contributed by atoms with van der Waals surface area (Å²) in [5.74, 6) is 2.57. The summed E-state index contributed by atoms with van der Waals surface area (Å²) in [5.41, 5.74) is 1.07. The average molecular weight is 562 g/mol. The molecule has 2 aliphatic heterocycles. The highest BCUT2D eigenvalue weighted by Crippen LogP contribution is 2.26. The highest BCUT2D eigenvalue weighted by molar-refractivity contribution is 7.80.